The Morgan fingerprint density at radius 2 is 1.92 bits per heavy atom. The third-order valence-electron chi connectivity index (χ3n) is 8.96. The molecule has 8 atom stereocenters. The summed E-state index contributed by atoms with van der Waals surface area (Å²) in [7, 11) is 0. The fourth-order valence-corrected chi connectivity index (χ4v) is 7.59. The molecule has 3 fully saturated rings. The molecule has 146 valence electrons. The second kappa shape index (κ2) is 5.81. The second-order valence-electron chi connectivity index (χ2n) is 10.2. The van der Waals surface area contributed by atoms with Gasteiger partial charge in [-0.05, 0) is 68.6 Å². The quantitative estimate of drug-likeness (QED) is 0.583. The number of allylic oxidation sites excluding steroid dienone is 1. The molecule has 0 aromatic rings. The summed E-state index contributed by atoms with van der Waals surface area (Å²) >= 11 is 0. The minimum Gasteiger partial charge on any atom is -0.465 e. The van der Waals surface area contributed by atoms with Crippen molar-refractivity contribution in [3.63, 3.8) is 0 Å². The molecule has 0 radical (unpaired) electrons. The van der Waals surface area contributed by atoms with E-state index in [2.05, 4.69) is 26.8 Å². The maximum absolute atomic E-state index is 11.4. The number of esters is 1. The molecule has 8 unspecified atom stereocenters. The molecule has 0 aromatic carbocycles. The fraction of sp³-hybridized carbons (Fsp3) is 0.864. The molecule has 1 spiro atoms. The first-order chi connectivity index (χ1) is 12.1. The number of carbonyl (C=O) groups is 1. The Balaban J connectivity index is 1.73. The van der Waals surface area contributed by atoms with Gasteiger partial charge in [0, 0.05) is 17.8 Å². The predicted octanol–water partition coefficient (Wildman–Crippen LogP) is 3.46. The lowest BCUT2D eigenvalue weighted by molar-refractivity contribution is -0.224. The van der Waals surface area contributed by atoms with Crippen molar-refractivity contribution in [2.75, 3.05) is 6.61 Å². The standard InChI is InChI=1S/C22H34O4/c1-13-10-22-11-15(13)5-6-16(22)20(3)8-7-18(24)21(4,12-26-14(2)23)17(20)9-19(22)25/h10,15-19,24-25H,5-9,11-12H2,1-4H3. The zero-order valence-electron chi connectivity index (χ0n) is 16.6. The van der Waals surface area contributed by atoms with Crippen LogP contribution in [0.3, 0.4) is 0 Å². The van der Waals surface area contributed by atoms with Gasteiger partial charge in [-0.25, -0.2) is 0 Å². The molecule has 4 heteroatoms. The third kappa shape index (κ3) is 2.30. The summed E-state index contributed by atoms with van der Waals surface area (Å²) in [6, 6.07) is 0. The van der Waals surface area contributed by atoms with Crippen molar-refractivity contribution in [2.45, 2.75) is 78.4 Å². The number of carbonyl (C=O) groups excluding carboxylic acids is 1. The van der Waals surface area contributed by atoms with Crippen molar-refractivity contribution in [1.82, 2.24) is 0 Å². The van der Waals surface area contributed by atoms with Gasteiger partial charge < -0.3 is 14.9 Å². The van der Waals surface area contributed by atoms with Gasteiger partial charge in [0.2, 0.25) is 0 Å². The lowest BCUT2D eigenvalue weighted by Gasteiger charge is -2.66. The SMILES string of the molecule is CC(=O)OCC1(C)C(O)CCC2(C)C1CC(O)C13C=C(C)C(CCC21)C3. The molecule has 0 aliphatic heterocycles. The van der Waals surface area contributed by atoms with Gasteiger partial charge >= 0.3 is 5.97 Å². The van der Waals surface area contributed by atoms with Crippen LogP contribution in [0.5, 0.6) is 0 Å². The summed E-state index contributed by atoms with van der Waals surface area (Å²) in [6.07, 6.45) is 7.45. The van der Waals surface area contributed by atoms with Crippen LogP contribution in [0.2, 0.25) is 0 Å². The largest absolute Gasteiger partial charge is 0.465 e. The number of hydrogen-bond acceptors (Lipinski definition) is 4. The Kier molecular flexibility index (Phi) is 4.13. The molecule has 0 aromatic heterocycles. The molecule has 0 heterocycles. The molecule has 2 bridgehead atoms. The van der Waals surface area contributed by atoms with Gasteiger partial charge in [-0.2, -0.15) is 0 Å². The number of ether oxygens (including phenoxy) is 1. The van der Waals surface area contributed by atoms with Gasteiger partial charge in [-0.1, -0.05) is 25.5 Å². The molecule has 0 saturated heterocycles. The van der Waals surface area contributed by atoms with Crippen molar-refractivity contribution in [2.24, 2.45) is 34.0 Å². The molecular weight excluding hydrogens is 328 g/mol. The van der Waals surface area contributed by atoms with Crippen LogP contribution in [0, 0.1) is 34.0 Å². The highest BCUT2D eigenvalue weighted by atomic mass is 16.5. The van der Waals surface area contributed by atoms with Gasteiger partial charge in [0.15, 0.2) is 0 Å². The lowest BCUT2D eigenvalue weighted by Crippen LogP contribution is -2.64. The predicted molar refractivity (Wildman–Crippen MR) is 99.2 cm³/mol. The van der Waals surface area contributed by atoms with Crippen LogP contribution in [-0.2, 0) is 9.53 Å². The second-order valence-corrected chi connectivity index (χ2v) is 10.2. The van der Waals surface area contributed by atoms with E-state index < -0.39 is 11.5 Å². The number of rotatable bonds is 2. The van der Waals surface area contributed by atoms with E-state index in [0.717, 1.165) is 25.7 Å². The summed E-state index contributed by atoms with van der Waals surface area (Å²) in [4.78, 5) is 11.4. The van der Waals surface area contributed by atoms with Gasteiger partial charge in [0.1, 0.15) is 0 Å². The van der Waals surface area contributed by atoms with Crippen LogP contribution >= 0.6 is 0 Å². The number of fused-ring (bicyclic) bond motifs is 3. The highest BCUT2D eigenvalue weighted by Crippen LogP contribution is 2.70. The Morgan fingerprint density at radius 3 is 2.62 bits per heavy atom. The molecule has 4 aliphatic carbocycles. The topological polar surface area (TPSA) is 66.8 Å². The highest BCUT2D eigenvalue weighted by Gasteiger charge is 2.67. The molecule has 26 heavy (non-hydrogen) atoms. The van der Waals surface area contributed by atoms with E-state index in [-0.39, 0.29) is 35.4 Å². The van der Waals surface area contributed by atoms with Crippen LogP contribution < -0.4 is 0 Å². The molecule has 4 nitrogen and oxygen atoms in total. The van der Waals surface area contributed by atoms with Crippen molar-refractivity contribution in [3.8, 4) is 0 Å². The van der Waals surface area contributed by atoms with Crippen LogP contribution in [0.1, 0.15) is 66.2 Å². The minimum atomic E-state index is -0.491. The first kappa shape index (κ1) is 18.5. The summed E-state index contributed by atoms with van der Waals surface area (Å²) < 4.78 is 5.40. The van der Waals surface area contributed by atoms with Crippen molar-refractivity contribution >= 4 is 5.97 Å². The lowest BCUT2D eigenvalue weighted by atomic mass is 9.40. The molecule has 2 N–H and O–H groups in total. The minimum absolute atomic E-state index is 0.0689. The number of aliphatic hydroxyl groups is 2. The summed E-state index contributed by atoms with van der Waals surface area (Å²) in [5, 5.41) is 22.2. The summed E-state index contributed by atoms with van der Waals surface area (Å²) in [5.41, 5.74) is 0.963. The molecular formula is C22H34O4. The summed E-state index contributed by atoms with van der Waals surface area (Å²) in [5.74, 6) is 0.951. The van der Waals surface area contributed by atoms with E-state index >= 15 is 0 Å². The number of hydrogen-bond donors (Lipinski definition) is 2. The van der Waals surface area contributed by atoms with E-state index in [1.165, 1.54) is 18.9 Å². The monoisotopic (exact) mass is 362 g/mol. The van der Waals surface area contributed by atoms with E-state index in [1.54, 1.807) is 0 Å². The first-order valence-electron chi connectivity index (χ1n) is 10.3. The van der Waals surface area contributed by atoms with Gasteiger partial charge in [-0.15, -0.1) is 0 Å². The van der Waals surface area contributed by atoms with Crippen molar-refractivity contribution in [1.29, 1.82) is 0 Å². The fourth-order valence-electron chi connectivity index (χ4n) is 7.59. The average Bonchev–Trinajstić information content (AvgIpc) is 2.83. The van der Waals surface area contributed by atoms with E-state index in [9.17, 15) is 15.0 Å². The van der Waals surface area contributed by atoms with Gasteiger partial charge in [-0.3, -0.25) is 4.79 Å². The Hall–Kier alpha value is -0.870. The number of aliphatic hydroxyl groups excluding tert-OH is 2. The molecule has 4 rings (SSSR count). The maximum Gasteiger partial charge on any atom is 0.302 e. The van der Waals surface area contributed by atoms with Gasteiger partial charge in [0.05, 0.1) is 18.8 Å². The van der Waals surface area contributed by atoms with Crippen LogP contribution in [0.4, 0.5) is 0 Å². The van der Waals surface area contributed by atoms with Gasteiger partial charge in [0.25, 0.3) is 0 Å². The Labute approximate surface area is 157 Å². The Morgan fingerprint density at radius 1 is 1.19 bits per heavy atom. The summed E-state index contributed by atoms with van der Waals surface area (Å²) in [6.45, 7) is 8.35. The van der Waals surface area contributed by atoms with E-state index in [0.29, 0.717) is 18.3 Å². The normalized spacial score (nSPS) is 52.7. The average molecular weight is 363 g/mol. The molecule has 4 aliphatic rings. The van der Waals surface area contributed by atoms with E-state index in [4.69, 9.17) is 4.74 Å². The zero-order valence-corrected chi connectivity index (χ0v) is 16.6. The zero-order chi connectivity index (χ0) is 18.9. The maximum atomic E-state index is 11.4. The third-order valence-corrected chi connectivity index (χ3v) is 8.96. The first-order valence-corrected chi connectivity index (χ1v) is 10.3. The van der Waals surface area contributed by atoms with Crippen LogP contribution in [0.25, 0.3) is 0 Å². The van der Waals surface area contributed by atoms with Crippen LogP contribution in [0.15, 0.2) is 11.6 Å². The van der Waals surface area contributed by atoms with Crippen LogP contribution in [-0.4, -0.2) is 35.0 Å². The molecule has 0 amide bonds. The Bertz CT molecular complexity index is 642. The molecule has 3 saturated carbocycles. The van der Waals surface area contributed by atoms with Crippen molar-refractivity contribution in [3.05, 3.63) is 11.6 Å². The highest BCUT2D eigenvalue weighted by molar-refractivity contribution is 5.65. The smallest absolute Gasteiger partial charge is 0.302 e. The van der Waals surface area contributed by atoms with Crippen molar-refractivity contribution < 1.29 is 19.7 Å². The van der Waals surface area contributed by atoms with E-state index in [1.807, 2.05) is 0 Å².